The molecule has 3 heterocycles. The standard InChI is InChI=1S/C62H52N4O/c1-61(2,3)46-30-27-42(28-31-46)45-29-34-55-54(37-45)53-33-32-50(40-58(53)66(55)59-38-47(35-36-63-59)62(4,5)6)67-49-22-15-21-48(39-49)64-41-65(57-26-14-13-25-56(57)64)60-51(43-17-9-7-10-18-43)23-16-24-52(60)44-19-11-8-12-20-44/h7-40H,1-6H3/i7D,8D,9D,10D,11D,12D,13D,14D,15D,16D,17D,18D,19D,20D,21D,22D,23D,24D,25D,26D,27D,28D,29D,30D,31D,32D,33D,34D,35D,36D,37D,38D. The summed E-state index contributed by atoms with van der Waals surface area (Å²) in [6.45, 7) is 9.90. The maximum Gasteiger partial charge on any atom is 0.269 e. The Morgan fingerprint density at radius 1 is 0.507 bits per heavy atom. The summed E-state index contributed by atoms with van der Waals surface area (Å²) in [6, 6.07) is -25.8. The van der Waals surface area contributed by atoms with Gasteiger partial charge < -0.3 is 4.74 Å². The van der Waals surface area contributed by atoms with Crippen LogP contribution in [0.15, 0.2) is 206 Å². The van der Waals surface area contributed by atoms with Gasteiger partial charge in [-0.2, -0.15) is 0 Å². The third kappa shape index (κ3) is 7.76. The summed E-state index contributed by atoms with van der Waals surface area (Å²) in [4.78, 5) is 4.31. The van der Waals surface area contributed by atoms with E-state index < -0.39 is 294 Å². The summed E-state index contributed by atoms with van der Waals surface area (Å²) in [6.07, 6.45) is 2.02. The molecule has 0 bridgehead atoms. The molecular formula is C62H52N4O. The summed E-state index contributed by atoms with van der Waals surface area (Å²) in [5, 5.41) is -0.829. The molecule has 11 rings (SSSR count). The number of aromatic nitrogens is 4. The van der Waals surface area contributed by atoms with E-state index in [-0.39, 0.29) is 16.6 Å². The van der Waals surface area contributed by atoms with Crippen LogP contribution >= 0.6 is 0 Å². The molecule has 0 aliphatic carbocycles. The fourth-order valence-corrected chi connectivity index (χ4v) is 7.20. The smallest absolute Gasteiger partial charge is 0.269 e. The number of nitrogens with zero attached hydrogens (tertiary/aromatic N) is 4. The molecule has 0 amide bonds. The van der Waals surface area contributed by atoms with Crippen LogP contribution in [0.3, 0.4) is 0 Å². The molecule has 3 aromatic heterocycles. The van der Waals surface area contributed by atoms with Crippen LogP contribution in [0.4, 0.5) is 0 Å². The van der Waals surface area contributed by atoms with E-state index in [9.17, 15) is 20.6 Å². The third-order valence-corrected chi connectivity index (χ3v) is 10.5. The largest absolute Gasteiger partial charge is 0.458 e. The third-order valence-electron chi connectivity index (χ3n) is 10.5. The first-order chi connectivity index (χ1) is 45.8. The minimum Gasteiger partial charge on any atom is -0.458 e. The van der Waals surface area contributed by atoms with Crippen LogP contribution in [-0.4, -0.2) is 14.1 Å². The SMILES string of the molecule is [2H]c1nc(-n2c3cc(Oc4cc(-n5[c-][n+](-c6c(-c7c([2H])c([2H])c([2H])c([2H])c7[2H])c([2H])c([2H])c([2H])c6-c6c([2H])c([2H])c([2H])c([2H])c6[2H])c6c([2H])c([2H])c([2H])c([2H])c65)c([2H])c([2H])c4[2H])c([2H])c([2H])c3c3c([2H])c(-c4c([2H])c([2H])c(C(C)(C)C)c([2H])c4[2H])c([2H])c([2H])c32)c([2H])c(C(C)(C)C)c1[2H]. The van der Waals surface area contributed by atoms with Crippen molar-refractivity contribution in [1.82, 2.24) is 14.1 Å². The number of pyridine rings is 1. The summed E-state index contributed by atoms with van der Waals surface area (Å²) in [7, 11) is 0. The zero-order valence-electron chi connectivity index (χ0n) is 68.4. The summed E-state index contributed by atoms with van der Waals surface area (Å²) in [5.41, 5.74) is -10.7. The lowest BCUT2D eigenvalue weighted by Crippen LogP contribution is -2.31. The van der Waals surface area contributed by atoms with Crippen LogP contribution in [0.25, 0.3) is 83.4 Å². The molecule has 0 aliphatic rings. The molecule has 0 unspecified atom stereocenters. The molecule has 0 N–H and O–H groups in total. The Hall–Kier alpha value is -8.02. The number of para-hydroxylation sites is 3. The highest BCUT2D eigenvalue weighted by Crippen LogP contribution is 2.39. The lowest BCUT2D eigenvalue weighted by atomic mass is 9.86. The second kappa shape index (κ2) is 16.4. The molecule has 11 aromatic rings. The number of hydrogen-bond acceptors (Lipinski definition) is 2. The predicted octanol–water partition coefficient (Wildman–Crippen LogP) is 15.6. The molecule has 5 heteroatoms. The molecule has 0 aliphatic heterocycles. The minimum absolute atomic E-state index is 0.000742. The van der Waals surface area contributed by atoms with E-state index in [4.69, 9.17) is 28.0 Å². The van der Waals surface area contributed by atoms with E-state index >= 15 is 0 Å². The summed E-state index contributed by atoms with van der Waals surface area (Å²) in [5.74, 6) is -2.01. The first-order valence-electron chi connectivity index (χ1n) is 36.5. The van der Waals surface area contributed by atoms with E-state index in [0.29, 0.717) is 9.13 Å². The van der Waals surface area contributed by atoms with Gasteiger partial charge in [-0.25, -0.2) is 4.98 Å². The lowest BCUT2D eigenvalue weighted by molar-refractivity contribution is -0.571. The second-order valence-corrected chi connectivity index (χ2v) is 17.1. The van der Waals surface area contributed by atoms with Gasteiger partial charge in [-0.3, -0.25) is 13.7 Å². The van der Waals surface area contributed by atoms with E-state index in [1.54, 1.807) is 41.5 Å². The van der Waals surface area contributed by atoms with Crippen LogP contribution in [0.5, 0.6) is 11.5 Å². The van der Waals surface area contributed by atoms with Gasteiger partial charge in [0.1, 0.15) is 17.3 Å². The Kier molecular flexibility index (Phi) is 4.77. The van der Waals surface area contributed by atoms with Crippen LogP contribution in [0.1, 0.15) is 96.5 Å². The molecule has 0 saturated carbocycles. The van der Waals surface area contributed by atoms with Crippen molar-refractivity contribution in [1.29, 1.82) is 0 Å². The topological polar surface area (TPSA) is 35.9 Å². The number of hydrogen-bond donors (Lipinski definition) is 0. The number of benzene rings is 8. The molecule has 67 heavy (non-hydrogen) atoms. The van der Waals surface area contributed by atoms with Crippen molar-refractivity contribution in [2.75, 3.05) is 0 Å². The normalized spacial score (nSPS) is 18.7. The zero-order chi connectivity index (χ0) is 73.7. The monoisotopic (exact) mass is 901 g/mol. The van der Waals surface area contributed by atoms with Crippen molar-refractivity contribution in [2.24, 2.45) is 0 Å². The first kappa shape index (κ1) is 19.4. The molecule has 326 valence electrons. The minimum atomic E-state index is -1.10. The van der Waals surface area contributed by atoms with Crippen molar-refractivity contribution in [2.45, 2.75) is 52.4 Å². The van der Waals surface area contributed by atoms with Gasteiger partial charge in [0.15, 0.2) is 0 Å². The van der Waals surface area contributed by atoms with Gasteiger partial charge in [0.25, 0.3) is 6.33 Å². The van der Waals surface area contributed by atoms with Crippen molar-refractivity contribution >= 4 is 32.8 Å². The molecule has 5 nitrogen and oxygen atoms in total. The van der Waals surface area contributed by atoms with Crippen molar-refractivity contribution in [3.05, 3.63) is 223 Å². The molecule has 0 spiro atoms. The van der Waals surface area contributed by atoms with Crippen LogP contribution in [-0.2, 0) is 10.8 Å². The van der Waals surface area contributed by atoms with Crippen LogP contribution < -0.4 is 9.30 Å². The fourth-order valence-electron chi connectivity index (χ4n) is 7.20. The molecule has 0 saturated heterocycles. The Bertz CT molecular complexity index is 5350. The molecule has 8 aromatic carbocycles. The molecule has 0 fully saturated rings. The summed E-state index contributed by atoms with van der Waals surface area (Å²) >= 11 is 0. The number of fused-ring (bicyclic) bond motifs is 4. The van der Waals surface area contributed by atoms with Gasteiger partial charge in [0.2, 0.25) is 0 Å². The van der Waals surface area contributed by atoms with Gasteiger partial charge in [-0.1, -0.05) is 181 Å². The quantitative estimate of drug-likeness (QED) is 0.113. The van der Waals surface area contributed by atoms with Gasteiger partial charge >= 0.3 is 0 Å². The Balaban J connectivity index is 1.26. The van der Waals surface area contributed by atoms with E-state index in [1.807, 2.05) is 0 Å². The van der Waals surface area contributed by atoms with Gasteiger partial charge in [0.05, 0.1) is 77.3 Å². The average Bonchev–Trinajstić information content (AvgIpc) is 1.60. The Labute approximate surface area is 437 Å². The highest BCUT2D eigenvalue weighted by atomic mass is 16.5. The van der Waals surface area contributed by atoms with Crippen molar-refractivity contribution < 1.29 is 53.2 Å². The van der Waals surface area contributed by atoms with E-state index in [2.05, 4.69) is 11.3 Å². The number of imidazole rings is 1. The Morgan fingerprint density at radius 3 is 1.85 bits per heavy atom. The second-order valence-electron chi connectivity index (χ2n) is 17.1. The average molecular weight is 901 g/mol. The molecular weight excluding hydrogens is 817 g/mol. The summed E-state index contributed by atoms with van der Waals surface area (Å²) < 4.78 is 302. The van der Waals surface area contributed by atoms with Crippen LogP contribution in [0, 0.1) is 6.33 Å². The predicted molar refractivity (Wildman–Crippen MR) is 276 cm³/mol. The van der Waals surface area contributed by atoms with Gasteiger partial charge in [0, 0.05) is 23.0 Å². The molecule has 0 atom stereocenters. The van der Waals surface area contributed by atoms with Gasteiger partial charge in [-0.05, 0) is 110 Å². The molecule has 0 radical (unpaired) electrons. The van der Waals surface area contributed by atoms with Crippen LogP contribution in [0.2, 0.25) is 0 Å². The fraction of sp³-hybridized carbons (Fsp3) is 0.129. The first-order valence-corrected chi connectivity index (χ1v) is 20.5. The van der Waals surface area contributed by atoms with E-state index in [1.165, 1.54) is 0 Å². The number of rotatable bonds is 8. The zero-order valence-corrected chi connectivity index (χ0v) is 36.4. The Morgan fingerprint density at radius 2 is 1.15 bits per heavy atom. The van der Waals surface area contributed by atoms with Gasteiger partial charge in [-0.15, -0.1) is 0 Å². The maximum atomic E-state index is 9.89. The lowest BCUT2D eigenvalue weighted by Gasteiger charge is -2.20. The number of ether oxygens (including phenoxy) is 1. The highest BCUT2D eigenvalue weighted by Gasteiger charge is 2.22. The van der Waals surface area contributed by atoms with Crippen molar-refractivity contribution in [3.63, 3.8) is 0 Å². The maximum absolute atomic E-state index is 9.89. The highest BCUT2D eigenvalue weighted by molar-refractivity contribution is 6.10. The van der Waals surface area contributed by atoms with E-state index in [0.717, 1.165) is 16.7 Å². The van der Waals surface area contributed by atoms with Crippen molar-refractivity contribution in [3.8, 4) is 62.1 Å².